The highest BCUT2D eigenvalue weighted by Gasteiger charge is 2.24. The fraction of sp³-hybridized carbons (Fsp3) is 0.133. The van der Waals surface area contributed by atoms with Crippen molar-refractivity contribution in [1.29, 1.82) is 0 Å². The summed E-state index contributed by atoms with van der Waals surface area (Å²) in [5, 5.41) is 0. The van der Waals surface area contributed by atoms with E-state index in [1.54, 1.807) is 6.92 Å². The summed E-state index contributed by atoms with van der Waals surface area (Å²) in [6.07, 6.45) is 0. The number of halogens is 1. The summed E-state index contributed by atoms with van der Waals surface area (Å²) in [4.78, 5) is 16.4. The fourth-order valence-electron chi connectivity index (χ4n) is 2.40. The number of sulfonamides is 1. The van der Waals surface area contributed by atoms with Gasteiger partial charge in [0.2, 0.25) is 0 Å². The second kappa shape index (κ2) is 5.54. The lowest BCUT2D eigenvalue weighted by Crippen LogP contribution is -2.30. The number of nitrogens with one attached hydrogen (secondary N) is 2. The van der Waals surface area contributed by atoms with Crippen molar-refractivity contribution in [3.05, 3.63) is 58.8 Å². The van der Waals surface area contributed by atoms with Gasteiger partial charge < -0.3 is 9.97 Å². The van der Waals surface area contributed by atoms with Crippen molar-refractivity contribution < 1.29 is 12.8 Å². The molecule has 1 heterocycles. The predicted molar refractivity (Wildman–Crippen MR) is 85.5 cm³/mol. The van der Waals surface area contributed by atoms with Gasteiger partial charge in [-0.05, 0) is 49.4 Å². The summed E-state index contributed by atoms with van der Waals surface area (Å²) in [7, 11) is -3.82. The molecule has 0 fully saturated rings. The molecule has 120 valence electrons. The Morgan fingerprint density at radius 2 is 1.70 bits per heavy atom. The maximum atomic E-state index is 13.0. The topological polar surface area (TPSA) is 86.0 Å². The first-order valence-electron chi connectivity index (χ1n) is 6.92. The molecule has 8 heteroatoms. The molecule has 0 aliphatic heterocycles. The van der Waals surface area contributed by atoms with Crippen LogP contribution in [0, 0.1) is 5.82 Å². The smallest absolute Gasteiger partial charge is 0.306 e. The second-order valence-electron chi connectivity index (χ2n) is 4.93. The Balaban J connectivity index is 2.09. The zero-order valence-corrected chi connectivity index (χ0v) is 13.0. The predicted octanol–water partition coefficient (Wildman–Crippen LogP) is 2.21. The van der Waals surface area contributed by atoms with Crippen molar-refractivity contribution in [3.63, 3.8) is 0 Å². The molecule has 0 unspecified atom stereocenters. The molecule has 0 atom stereocenters. The van der Waals surface area contributed by atoms with Crippen molar-refractivity contribution in [2.45, 2.75) is 11.8 Å². The molecular formula is C15H14FN3O3S. The lowest BCUT2D eigenvalue weighted by molar-refractivity contribution is 0.591. The lowest BCUT2D eigenvalue weighted by atomic mass is 10.3. The molecular weight excluding hydrogens is 321 g/mol. The Labute approximate surface area is 131 Å². The highest BCUT2D eigenvalue weighted by Crippen LogP contribution is 2.25. The number of aromatic amines is 2. The summed E-state index contributed by atoms with van der Waals surface area (Å²) in [6, 6.07) is 9.59. The molecule has 0 bridgehead atoms. The molecule has 2 N–H and O–H groups in total. The Bertz CT molecular complexity index is 1010. The van der Waals surface area contributed by atoms with Gasteiger partial charge in [0.25, 0.3) is 10.0 Å². The van der Waals surface area contributed by atoms with Crippen LogP contribution < -0.4 is 9.99 Å². The van der Waals surface area contributed by atoms with E-state index in [-0.39, 0.29) is 11.4 Å². The molecule has 23 heavy (non-hydrogen) atoms. The molecule has 0 aliphatic rings. The fourth-order valence-corrected chi connectivity index (χ4v) is 3.90. The number of benzene rings is 2. The van der Waals surface area contributed by atoms with Gasteiger partial charge in [0.05, 0.1) is 21.6 Å². The van der Waals surface area contributed by atoms with Crippen molar-refractivity contribution >= 4 is 26.7 Å². The van der Waals surface area contributed by atoms with E-state index in [4.69, 9.17) is 0 Å². The number of imidazole rings is 1. The van der Waals surface area contributed by atoms with Crippen LogP contribution in [-0.2, 0) is 10.0 Å². The van der Waals surface area contributed by atoms with Crippen LogP contribution in [0.4, 0.5) is 10.1 Å². The minimum Gasteiger partial charge on any atom is -0.306 e. The second-order valence-corrected chi connectivity index (χ2v) is 6.80. The van der Waals surface area contributed by atoms with Crippen molar-refractivity contribution in [1.82, 2.24) is 9.97 Å². The van der Waals surface area contributed by atoms with E-state index in [0.29, 0.717) is 16.7 Å². The third-order valence-electron chi connectivity index (χ3n) is 3.48. The van der Waals surface area contributed by atoms with Crippen LogP contribution in [0.15, 0.2) is 52.2 Å². The number of anilines is 1. The molecule has 1 aromatic heterocycles. The Morgan fingerprint density at radius 1 is 1.04 bits per heavy atom. The molecule has 2 aromatic carbocycles. The van der Waals surface area contributed by atoms with Crippen LogP contribution in [0.25, 0.3) is 11.0 Å². The number of fused-ring (bicyclic) bond motifs is 1. The lowest BCUT2D eigenvalue weighted by Gasteiger charge is -2.22. The maximum absolute atomic E-state index is 13.0. The molecule has 0 saturated heterocycles. The normalized spacial score (nSPS) is 11.7. The van der Waals surface area contributed by atoms with Crippen molar-refractivity contribution in [2.24, 2.45) is 0 Å². The van der Waals surface area contributed by atoms with E-state index in [2.05, 4.69) is 9.97 Å². The van der Waals surface area contributed by atoms with Gasteiger partial charge in [-0.15, -0.1) is 0 Å². The SMILES string of the molecule is CCN(c1ccc(F)cc1)S(=O)(=O)c1ccc2[nH]c(=O)[nH]c2c1. The standard InChI is InChI=1S/C15H14FN3O3S/c1-2-19(11-5-3-10(16)4-6-11)23(21,22)12-7-8-13-14(9-12)18-15(20)17-13/h3-9H,2H2,1H3,(H2,17,18,20). The first kappa shape index (κ1) is 15.3. The zero-order chi connectivity index (χ0) is 16.6. The third-order valence-corrected chi connectivity index (χ3v) is 5.38. The van der Waals surface area contributed by atoms with Crippen LogP contribution in [0.5, 0.6) is 0 Å². The number of nitrogens with zero attached hydrogens (tertiary/aromatic N) is 1. The zero-order valence-electron chi connectivity index (χ0n) is 12.2. The van der Waals surface area contributed by atoms with Crippen LogP contribution in [-0.4, -0.2) is 24.9 Å². The highest BCUT2D eigenvalue weighted by molar-refractivity contribution is 7.92. The maximum Gasteiger partial charge on any atom is 0.323 e. The number of H-pyrrole nitrogens is 2. The molecule has 0 amide bonds. The van der Waals surface area contributed by atoms with Gasteiger partial charge in [-0.2, -0.15) is 0 Å². The van der Waals surface area contributed by atoms with Crippen LogP contribution >= 0.6 is 0 Å². The number of rotatable bonds is 4. The highest BCUT2D eigenvalue weighted by atomic mass is 32.2. The largest absolute Gasteiger partial charge is 0.323 e. The molecule has 0 radical (unpaired) electrons. The van der Waals surface area contributed by atoms with Gasteiger partial charge in [-0.3, -0.25) is 4.31 Å². The molecule has 6 nitrogen and oxygen atoms in total. The Hall–Kier alpha value is -2.61. The van der Waals surface area contributed by atoms with Crippen LogP contribution in [0.3, 0.4) is 0 Å². The molecule has 0 aliphatic carbocycles. The van der Waals surface area contributed by atoms with E-state index < -0.39 is 21.5 Å². The van der Waals surface area contributed by atoms with Crippen LogP contribution in [0.2, 0.25) is 0 Å². The third kappa shape index (κ3) is 2.72. The quantitative estimate of drug-likeness (QED) is 0.766. The first-order chi connectivity index (χ1) is 10.9. The van der Waals surface area contributed by atoms with E-state index in [1.165, 1.54) is 46.8 Å². The summed E-state index contributed by atoms with van der Waals surface area (Å²) < 4.78 is 39.9. The monoisotopic (exact) mass is 335 g/mol. The van der Waals surface area contributed by atoms with E-state index >= 15 is 0 Å². The summed E-state index contributed by atoms with van der Waals surface area (Å²) in [6.45, 7) is 1.88. The average Bonchev–Trinajstić information content (AvgIpc) is 2.88. The van der Waals surface area contributed by atoms with Gasteiger partial charge in [0.1, 0.15) is 5.82 Å². The first-order valence-corrected chi connectivity index (χ1v) is 8.36. The minimum absolute atomic E-state index is 0.0476. The Kier molecular flexibility index (Phi) is 3.69. The molecule has 0 saturated carbocycles. The average molecular weight is 335 g/mol. The molecule has 0 spiro atoms. The number of aromatic nitrogens is 2. The number of hydrogen-bond donors (Lipinski definition) is 2. The molecule has 3 aromatic rings. The number of hydrogen-bond acceptors (Lipinski definition) is 3. The van der Waals surface area contributed by atoms with Gasteiger partial charge in [0, 0.05) is 6.54 Å². The van der Waals surface area contributed by atoms with Crippen molar-refractivity contribution in [3.8, 4) is 0 Å². The summed E-state index contributed by atoms with van der Waals surface area (Å²) >= 11 is 0. The van der Waals surface area contributed by atoms with Gasteiger partial charge >= 0.3 is 5.69 Å². The molecule has 3 rings (SSSR count). The minimum atomic E-state index is -3.82. The van der Waals surface area contributed by atoms with E-state index in [0.717, 1.165) is 0 Å². The summed E-state index contributed by atoms with van der Waals surface area (Å²) in [5.41, 5.74) is 0.905. The van der Waals surface area contributed by atoms with Crippen molar-refractivity contribution in [2.75, 3.05) is 10.8 Å². The van der Waals surface area contributed by atoms with Gasteiger partial charge in [0.15, 0.2) is 0 Å². The van der Waals surface area contributed by atoms with Crippen LogP contribution in [0.1, 0.15) is 6.92 Å². The van der Waals surface area contributed by atoms with Gasteiger partial charge in [-0.1, -0.05) is 0 Å². The summed E-state index contributed by atoms with van der Waals surface area (Å²) in [5.74, 6) is -0.437. The Morgan fingerprint density at radius 3 is 2.35 bits per heavy atom. The van der Waals surface area contributed by atoms with E-state index in [1.807, 2.05) is 0 Å². The van der Waals surface area contributed by atoms with Gasteiger partial charge in [-0.25, -0.2) is 17.6 Å². The van der Waals surface area contributed by atoms with E-state index in [9.17, 15) is 17.6 Å².